The number of hydrogen-bond donors (Lipinski definition) is 0. The lowest BCUT2D eigenvalue weighted by atomic mass is 9.95. The first-order valence-corrected chi connectivity index (χ1v) is 7.18. The quantitative estimate of drug-likeness (QED) is 0.567. The summed E-state index contributed by atoms with van der Waals surface area (Å²) < 4.78 is 5.31. The first-order chi connectivity index (χ1) is 10.2. The van der Waals surface area contributed by atoms with Crippen molar-refractivity contribution < 1.29 is 4.74 Å². The van der Waals surface area contributed by atoms with Gasteiger partial charge in [0, 0.05) is 11.6 Å². The molecule has 2 unspecified atom stereocenters. The van der Waals surface area contributed by atoms with Crippen molar-refractivity contribution in [1.29, 1.82) is 0 Å². The average molecular weight is 282 g/mol. The normalized spacial score (nSPS) is 13.6. The van der Waals surface area contributed by atoms with Crippen molar-refractivity contribution in [1.82, 2.24) is 4.98 Å². The third kappa shape index (κ3) is 3.69. The number of aromatic nitrogens is 1. The summed E-state index contributed by atoms with van der Waals surface area (Å²) in [5, 5.41) is 1.12. The predicted octanol–water partition coefficient (Wildman–Crippen LogP) is 4.07. The zero-order valence-electron chi connectivity index (χ0n) is 12.7. The molecule has 0 bridgehead atoms. The van der Waals surface area contributed by atoms with Crippen LogP contribution in [0.4, 0.5) is 0 Å². The van der Waals surface area contributed by atoms with Crippen LogP contribution in [-0.4, -0.2) is 24.9 Å². The van der Waals surface area contributed by atoms with Crippen LogP contribution in [0.3, 0.4) is 0 Å². The van der Waals surface area contributed by atoms with Crippen molar-refractivity contribution >= 4 is 17.6 Å². The van der Waals surface area contributed by atoms with E-state index in [0.29, 0.717) is 5.92 Å². The van der Waals surface area contributed by atoms with Gasteiger partial charge in [-0.25, -0.2) is 0 Å². The molecule has 0 saturated carbocycles. The van der Waals surface area contributed by atoms with Crippen LogP contribution in [0.5, 0.6) is 5.75 Å². The zero-order valence-corrected chi connectivity index (χ0v) is 12.7. The van der Waals surface area contributed by atoms with E-state index in [4.69, 9.17) is 4.74 Å². The number of ether oxygens (including phenoxy) is 1. The predicted molar refractivity (Wildman–Crippen MR) is 89.3 cm³/mol. The Hall–Kier alpha value is -2.16. The number of pyridine rings is 1. The van der Waals surface area contributed by atoms with E-state index in [2.05, 4.69) is 36.3 Å². The van der Waals surface area contributed by atoms with E-state index in [0.717, 1.165) is 29.5 Å². The molecule has 0 aliphatic carbocycles. The van der Waals surface area contributed by atoms with Crippen LogP contribution < -0.4 is 4.74 Å². The van der Waals surface area contributed by atoms with E-state index in [9.17, 15) is 0 Å². The smallest absolute Gasteiger partial charge is 0.119 e. The highest BCUT2D eigenvalue weighted by Crippen LogP contribution is 2.25. The maximum absolute atomic E-state index is 5.31. The molecule has 0 aliphatic heterocycles. The molecule has 3 heteroatoms. The van der Waals surface area contributed by atoms with Crippen molar-refractivity contribution in [3.8, 4) is 5.75 Å². The van der Waals surface area contributed by atoms with Gasteiger partial charge in [-0.05, 0) is 55.3 Å². The third-order valence-electron chi connectivity index (χ3n) is 3.80. The van der Waals surface area contributed by atoms with Gasteiger partial charge in [0.25, 0.3) is 0 Å². The second-order valence-corrected chi connectivity index (χ2v) is 5.34. The molecule has 21 heavy (non-hydrogen) atoms. The molecule has 110 valence electrons. The lowest BCUT2D eigenvalue weighted by Crippen LogP contribution is -2.12. The fraction of sp³-hybridized carbons (Fsp3) is 0.333. The van der Waals surface area contributed by atoms with Gasteiger partial charge >= 0.3 is 0 Å². The fourth-order valence-electron chi connectivity index (χ4n) is 2.49. The van der Waals surface area contributed by atoms with Gasteiger partial charge < -0.3 is 4.74 Å². The van der Waals surface area contributed by atoms with Crippen LogP contribution in [0, 0.1) is 5.92 Å². The van der Waals surface area contributed by atoms with Gasteiger partial charge in [0.15, 0.2) is 0 Å². The van der Waals surface area contributed by atoms with Crippen molar-refractivity contribution in [3.05, 3.63) is 48.7 Å². The third-order valence-corrected chi connectivity index (χ3v) is 3.80. The summed E-state index contributed by atoms with van der Waals surface area (Å²) >= 11 is 0. The number of methoxy groups -OCH3 is 1. The number of rotatable bonds is 7. The second-order valence-electron chi connectivity index (χ2n) is 5.34. The number of hydrogen-bond acceptors (Lipinski definition) is 3. The van der Waals surface area contributed by atoms with Crippen molar-refractivity contribution in [2.75, 3.05) is 7.11 Å². The summed E-state index contributed by atoms with van der Waals surface area (Å²) in [7, 11) is 1.68. The van der Waals surface area contributed by atoms with E-state index in [1.165, 1.54) is 5.56 Å². The Morgan fingerprint density at radius 1 is 1.38 bits per heavy atom. The van der Waals surface area contributed by atoms with E-state index < -0.39 is 0 Å². The number of allylic oxidation sites excluding steroid dienone is 1. The molecule has 0 saturated heterocycles. The van der Waals surface area contributed by atoms with Crippen LogP contribution in [-0.2, 0) is 6.42 Å². The van der Waals surface area contributed by atoms with Crippen LogP contribution in [0.1, 0.15) is 18.9 Å². The first kappa shape index (κ1) is 15.2. The van der Waals surface area contributed by atoms with Crippen LogP contribution in [0.15, 0.2) is 48.1 Å². The summed E-state index contributed by atoms with van der Waals surface area (Å²) in [5.74, 6) is 1.28. The average Bonchev–Trinajstić information content (AvgIpc) is 2.53. The highest BCUT2D eigenvalue weighted by molar-refractivity contribution is 5.83. The van der Waals surface area contributed by atoms with Crippen molar-refractivity contribution in [2.45, 2.75) is 25.8 Å². The molecule has 2 atom stereocenters. The molecule has 0 aliphatic rings. The lowest BCUT2D eigenvalue weighted by Gasteiger charge is -2.16. The summed E-state index contributed by atoms with van der Waals surface area (Å²) in [4.78, 5) is 8.68. The second kappa shape index (κ2) is 7.02. The summed E-state index contributed by atoms with van der Waals surface area (Å²) in [6.07, 6.45) is 5.63. The Labute approximate surface area is 126 Å². The van der Waals surface area contributed by atoms with Crippen LogP contribution in [0.2, 0.25) is 0 Å². The largest absolute Gasteiger partial charge is 0.497 e. The summed E-state index contributed by atoms with van der Waals surface area (Å²) in [6.45, 7) is 9.72. The van der Waals surface area contributed by atoms with Crippen molar-refractivity contribution in [2.24, 2.45) is 10.9 Å². The zero-order chi connectivity index (χ0) is 15.2. The van der Waals surface area contributed by atoms with Gasteiger partial charge in [0.05, 0.1) is 18.7 Å². The molecular formula is C18H22N2O. The maximum atomic E-state index is 5.31. The van der Waals surface area contributed by atoms with Gasteiger partial charge in [-0.1, -0.05) is 13.0 Å². The SMILES string of the molecule is C=CC(C)CC(Cc1ccnc2ccc(OC)cc12)N=C. The molecule has 0 spiro atoms. The number of nitrogens with zero attached hydrogens (tertiary/aromatic N) is 2. The lowest BCUT2D eigenvalue weighted by molar-refractivity contribution is 0.415. The molecule has 3 nitrogen and oxygen atoms in total. The van der Waals surface area contributed by atoms with Gasteiger partial charge in [0.1, 0.15) is 5.75 Å². The number of aliphatic imine (C=N–C) groups is 1. The molecule has 1 aromatic heterocycles. The molecule has 2 rings (SSSR count). The monoisotopic (exact) mass is 282 g/mol. The summed E-state index contributed by atoms with van der Waals surface area (Å²) in [6, 6.07) is 8.20. The molecule has 1 heterocycles. The molecule has 1 aromatic carbocycles. The Kier molecular flexibility index (Phi) is 5.09. The van der Waals surface area contributed by atoms with Gasteiger partial charge in [-0.2, -0.15) is 0 Å². The Morgan fingerprint density at radius 3 is 2.86 bits per heavy atom. The maximum Gasteiger partial charge on any atom is 0.119 e. The van der Waals surface area contributed by atoms with Crippen molar-refractivity contribution in [3.63, 3.8) is 0 Å². The molecule has 0 radical (unpaired) electrons. The number of fused-ring (bicyclic) bond motifs is 1. The van der Waals surface area contributed by atoms with Gasteiger partial charge in [0.2, 0.25) is 0 Å². The van der Waals surface area contributed by atoms with Crippen LogP contribution in [0.25, 0.3) is 10.9 Å². The molecule has 2 aromatic rings. The van der Waals surface area contributed by atoms with E-state index in [1.807, 2.05) is 30.5 Å². The summed E-state index contributed by atoms with van der Waals surface area (Å²) in [5.41, 5.74) is 2.21. The highest BCUT2D eigenvalue weighted by Gasteiger charge is 2.13. The van der Waals surface area contributed by atoms with Gasteiger partial charge in [-0.15, -0.1) is 6.58 Å². The molecular weight excluding hydrogens is 260 g/mol. The van der Waals surface area contributed by atoms with Crippen LogP contribution >= 0.6 is 0 Å². The molecule has 0 fully saturated rings. The molecule has 0 N–H and O–H groups in total. The Bertz CT molecular complexity index is 636. The minimum absolute atomic E-state index is 0.190. The first-order valence-electron chi connectivity index (χ1n) is 7.18. The van der Waals surface area contributed by atoms with Gasteiger partial charge in [-0.3, -0.25) is 9.98 Å². The fourth-order valence-corrected chi connectivity index (χ4v) is 2.49. The Balaban J connectivity index is 2.31. The standard InChI is InChI=1S/C18H22N2O/c1-5-13(2)10-15(19-3)11-14-8-9-20-18-7-6-16(21-4)12-17(14)18/h5-9,12-13,15H,1,3,10-11H2,2,4H3. The Morgan fingerprint density at radius 2 is 2.19 bits per heavy atom. The minimum Gasteiger partial charge on any atom is -0.497 e. The highest BCUT2D eigenvalue weighted by atomic mass is 16.5. The minimum atomic E-state index is 0.190. The van der Waals surface area contributed by atoms with E-state index in [-0.39, 0.29) is 6.04 Å². The van der Waals surface area contributed by atoms with E-state index in [1.54, 1.807) is 7.11 Å². The number of benzene rings is 1. The topological polar surface area (TPSA) is 34.5 Å². The molecule has 0 amide bonds. The van der Waals surface area contributed by atoms with E-state index >= 15 is 0 Å².